The molecule has 0 radical (unpaired) electrons. The minimum absolute atomic E-state index is 0.257. The Morgan fingerprint density at radius 1 is 1.37 bits per heavy atom. The predicted octanol–water partition coefficient (Wildman–Crippen LogP) is 2.72. The highest BCUT2D eigenvalue weighted by molar-refractivity contribution is 9.10. The summed E-state index contributed by atoms with van der Waals surface area (Å²) < 4.78 is 38.8. The monoisotopic (exact) mass is 337 g/mol. The van der Waals surface area contributed by atoms with Crippen LogP contribution in [0.25, 0.3) is 0 Å². The van der Waals surface area contributed by atoms with Crippen molar-refractivity contribution in [1.29, 1.82) is 0 Å². The van der Waals surface area contributed by atoms with E-state index >= 15 is 0 Å². The van der Waals surface area contributed by atoms with Gasteiger partial charge in [0.1, 0.15) is 0 Å². The zero-order valence-corrected chi connectivity index (χ0v) is 11.3. The van der Waals surface area contributed by atoms with Crippen LogP contribution in [-0.4, -0.2) is 23.2 Å². The van der Waals surface area contributed by atoms with Crippen molar-refractivity contribution in [2.75, 3.05) is 0 Å². The molecule has 0 atom stereocenters. The Balaban J connectivity index is 2.21. The van der Waals surface area contributed by atoms with Crippen LogP contribution < -0.4 is 5.32 Å². The second-order valence-corrected chi connectivity index (χ2v) is 5.40. The van der Waals surface area contributed by atoms with Crippen LogP contribution in [-0.2, 0) is 6.18 Å². The van der Waals surface area contributed by atoms with Gasteiger partial charge in [-0.1, -0.05) is 15.9 Å². The minimum atomic E-state index is -4.59. The summed E-state index contributed by atoms with van der Waals surface area (Å²) >= 11 is 2.96. The van der Waals surface area contributed by atoms with E-state index in [-0.39, 0.29) is 10.5 Å². The smallest absolute Gasteiger partial charge is 0.393 e. The Kier molecular flexibility index (Phi) is 3.87. The van der Waals surface area contributed by atoms with E-state index in [2.05, 4.69) is 21.2 Å². The Bertz CT molecular complexity index is 498. The summed E-state index contributed by atoms with van der Waals surface area (Å²) in [7, 11) is 0. The summed E-state index contributed by atoms with van der Waals surface area (Å²) in [6, 6.07) is 3.15. The van der Waals surface area contributed by atoms with Crippen LogP contribution in [0, 0.1) is 0 Å². The summed E-state index contributed by atoms with van der Waals surface area (Å²) in [6.07, 6.45) is -4.31. The molecule has 1 saturated carbocycles. The number of aliphatic hydroxyl groups is 1. The zero-order chi connectivity index (χ0) is 14.2. The lowest BCUT2D eigenvalue weighted by Gasteiger charge is -2.32. The molecule has 2 rings (SSSR count). The lowest BCUT2D eigenvalue weighted by Crippen LogP contribution is -2.47. The standard InChI is InChI=1S/C12H11BrF3NO2/c13-6-1-2-9(10(3-6)12(14,15)16)11(19)17-7-4-8(18)5-7/h1-3,7-8,18H,4-5H2,(H,17,19). The van der Waals surface area contributed by atoms with Crippen LogP contribution in [0.2, 0.25) is 0 Å². The van der Waals surface area contributed by atoms with Crippen LogP contribution in [0.15, 0.2) is 22.7 Å². The van der Waals surface area contributed by atoms with Crippen molar-refractivity contribution in [3.05, 3.63) is 33.8 Å². The number of carbonyl (C=O) groups is 1. The third-order valence-electron chi connectivity index (χ3n) is 2.98. The van der Waals surface area contributed by atoms with E-state index in [9.17, 15) is 18.0 Å². The lowest BCUT2D eigenvalue weighted by atomic mass is 9.89. The Labute approximate surface area is 115 Å². The molecule has 0 aliphatic heterocycles. The average Bonchev–Trinajstić information content (AvgIpc) is 2.25. The van der Waals surface area contributed by atoms with Gasteiger partial charge in [-0.05, 0) is 31.0 Å². The van der Waals surface area contributed by atoms with Gasteiger partial charge in [0.15, 0.2) is 0 Å². The van der Waals surface area contributed by atoms with Crippen LogP contribution in [0.4, 0.5) is 13.2 Å². The van der Waals surface area contributed by atoms with Crippen molar-refractivity contribution < 1.29 is 23.1 Å². The molecule has 2 N–H and O–H groups in total. The topological polar surface area (TPSA) is 49.3 Å². The summed E-state index contributed by atoms with van der Waals surface area (Å²) in [6.45, 7) is 0. The van der Waals surface area contributed by atoms with E-state index in [0.717, 1.165) is 12.1 Å². The van der Waals surface area contributed by atoms with E-state index in [4.69, 9.17) is 5.11 Å². The normalized spacial score (nSPS) is 22.8. The van der Waals surface area contributed by atoms with Gasteiger partial charge in [0, 0.05) is 10.5 Å². The van der Waals surface area contributed by atoms with E-state index < -0.39 is 29.3 Å². The first-order chi connectivity index (χ1) is 8.77. The van der Waals surface area contributed by atoms with E-state index in [0.29, 0.717) is 12.8 Å². The van der Waals surface area contributed by atoms with Crippen molar-refractivity contribution in [2.24, 2.45) is 0 Å². The highest BCUT2D eigenvalue weighted by Crippen LogP contribution is 2.34. The Morgan fingerprint density at radius 2 is 2.00 bits per heavy atom. The van der Waals surface area contributed by atoms with Gasteiger partial charge in [-0.3, -0.25) is 4.79 Å². The first kappa shape index (κ1) is 14.3. The van der Waals surface area contributed by atoms with Gasteiger partial charge in [0.25, 0.3) is 5.91 Å². The molecule has 1 aliphatic carbocycles. The molecule has 19 heavy (non-hydrogen) atoms. The molecule has 7 heteroatoms. The fraction of sp³-hybridized carbons (Fsp3) is 0.417. The van der Waals surface area contributed by atoms with Crippen molar-refractivity contribution in [3.8, 4) is 0 Å². The quantitative estimate of drug-likeness (QED) is 0.871. The fourth-order valence-electron chi connectivity index (χ4n) is 1.92. The van der Waals surface area contributed by atoms with Crippen LogP contribution in [0.5, 0.6) is 0 Å². The van der Waals surface area contributed by atoms with Gasteiger partial charge in [0.05, 0.1) is 17.2 Å². The number of hydrogen-bond acceptors (Lipinski definition) is 2. The molecule has 1 amide bonds. The molecule has 1 aromatic carbocycles. The summed E-state index contributed by atoms with van der Waals surface area (Å²) in [5.41, 5.74) is -1.38. The summed E-state index contributed by atoms with van der Waals surface area (Å²) in [5, 5.41) is 11.6. The Morgan fingerprint density at radius 3 is 2.53 bits per heavy atom. The molecule has 1 aliphatic rings. The molecule has 0 heterocycles. The maximum atomic E-state index is 12.8. The van der Waals surface area contributed by atoms with Crippen molar-refractivity contribution in [2.45, 2.75) is 31.2 Å². The molecule has 0 aromatic heterocycles. The SMILES string of the molecule is O=C(NC1CC(O)C1)c1ccc(Br)cc1C(F)(F)F. The molecule has 0 spiro atoms. The first-order valence-electron chi connectivity index (χ1n) is 5.63. The van der Waals surface area contributed by atoms with E-state index in [1.165, 1.54) is 6.07 Å². The first-order valence-corrected chi connectivity index (χ1v) is 6.42. The predicted molar refractivity (Wildman–Crippen MR) is 65.6 cm³/mol. The number of aliphatic hydroxyl groups excluding tert-OH is 1. The highest BCUT2D eigenvalue weighted by atomic mass is 79.9. The van der Waals surface area contributed by atoms with Crippen LogP contribution >= 0.6 is 15.9 Å². The molecule has 1 aromatic rings. The maximum absolute atomic E-state index is 12.8. The molecular weight excluding hydrogens is 327 g/mol. The second kappa shape index (κ2) is 5.13. The minimum Gasteiger partial charge on any atom is -0.393 e. The number of carbonyl (C=O) groups excluding carboxylic acids is 1. The van der Waals surface area contributed by atoms with Crippen molar-refractivity contribution in [1.82, 2.24) is 5.32 Å². The number of halogens is 4. The number of rotatable bonds is 2. The summed E-state index contributed by atoms with van der Waals surface area (Å²) in [4.78, 5) is 11.8. The third-order valence-corrected chi connectivity index (χ3v) is 3.47. The second-order valence-electron chi connectivity index (χ2n) is 4.48. The van der Waals surface area contributed by atoms with Gasteiger partial charge in [-0.25, -0.2) is 0 Å². The molecule has 104 valence electrons. The maximum Gasteiger partial charge on any atom is 0.417 e. The fourth-order valence-corrected chi connectivity index (χ4v) is 2.28. The number of alkyl halides is 3. The molecule has 1 fully saturated rings. The van der Waals surface area contributed by atoms with Gasteiger partial charge in [-0.2, -0.15) is 13.2 Å². The van der Waals surface area contributed by atoms with Gasteiger partial charge in [0.2, 0.25) is 0 Å². The van der Waals surface area contributed by atoms with Gasteiger partial charge in [-0.15, -0.1) is 0 Å². The van der Waals surface area contributed by atoms with Gasteiger partial charge >= 0.3 is 6.18 Å². The molecule has 0 saturated heterocycles. The van der Waals surface area contributed by atoms with Crippen LogP contribution in [0.1, 0.15) is 28.8 Å². The zero-order valence-electron chi connectivity index (χ0n) is 9.67. The van der Waals surface area contributed by atoms with Gasteiger partial charge < -0.3 is 10.4 Å². The van der Waals surface area contributed by atoms with Crippen molar-refractivity contribution in [3.63, 3.8) is 0 Å². The highest BCUT2D eigenvalue weighted by Gasteiger charge is 2.36. The average molecular weight is 338 g/mol. The molecule has 3 nitrogen and oxygen atoms in total. The molecule has 0 unspecified atom stereocenters. The molecular formula is C12H11BrF3NO2. The Hall–Kier alpha value is -1.08. The number of nitrogens with one attached hydrogen (secondary N) is 1. The lowest BCUT2D eigenvalue weighted by molar-refractivity contribution is -0.138. The largest absolute Gasteiger partial charge is 0.417 e. The number of hydrogen-bond donors (Lipinski definition) is 2. The van der Waals surface area contributed by atoms with Crippen LogP contribution in [0.3, 0.4) is 0 Å². The van der Waals surface area contributed by atoms with Crippen molar-refractivity contribution >= 4 is 21.8 Å². The number of amides is 1. The third kappa shape index (κ3) is 3.27. The van der Waals surface area contributed by atoms with E-state index in [1.54, 1.807) is 0 Å². The van der Waals surface area contributed by atoms with E-state index in [1.807, 2.05) is 0 Å². The number of benzene rings is 1. The molecule has 0 bridgehead atoms. The summed E-state index contributed by atoms with van der Waals surface area (Å²) in [5.74, 6) is -0.767.